The molecule has 0 heterocycles. The molecule has 0 aliphatic heterocycles. The molecule has 0 spiro atoms. The minimum atomic E-state index is -2.74. The second-order valence-electron chi connectivity index (χ2n) is 3.05. The summed E-state index contributed by atoms with van der Waals surface area (Å²) < 4.78 is 0. The summed E-state index contributed by atoms with van der Waals surface area (Å²) in [5, 5.41) is 51.7. The van der Waals surface area contributed by atoms with E-state index in [1.165, 1.54) is 0 Å². The average molecular weight is 326 g/mol. The largest absolute Gasteiger partial charge is 1.00 e. The van der Waals surface area contributed by atoms with Gasteiger partial charge < -0.3 is 40.2 Å². The molecule has 0 atom stereocenters. The molecule has 21 heavy (non-hydrogen) atoms. The van der Waals surface area contributed by atoms with E-state index in [0.717, 1.165) is 0 Å². The molecule has 0 rings (SSSR count). The van der Waals surface area contributed by atoms with Gasteiger partial charge in [-0.2, -0.15) is 0 Å². The Balaban J connectivity index is -0.000000156. The number of carbonyl (C=O) groups excluding carboxylic acids is 2. The minimum Gasteiger partial charge on any atom is -0.543 e. The summed E-state index contributed by atoms with van der Waals surface area (Å²) in [5.74, 6) is -9.39. The number of aliphatic hydroxyl groups is 1. The zero-order valence-electron chi connectivity index (χ0n) is 11.1. The van der Waals surface area contributed by atoms with Crippen LogP contribution in [-0.2, 0) is 24.0 Å². The molecule has 0 saturated heterocycles. The number of hydrogen-bond donors (Lipinski definition) is 4. The quantitative estimate of drug-likeness (QED) is 0.275. The van der Waals surface area contributed by atoms with E-state index in [1.54, 1.807) is 0 Å². The number of carboxylic acids is 5. The van der Waals surface area contributed by atoms with Crippen LogP contribution in [0.4, 0.5) is 0 Å². The van der Waals surface area contributed by atoms with Crippen molar-refractivity contribution in [3.8, 4) is 0 Å². The fraction of sp³-hybridized carbons (Fsp3) is 0.375. The maximum absolute atomic E-state index is 10.3. The van der Waals surface area contributed by atoms with E-state index in [0.29, 0.717) is 0 Å². The fourth-order valence-electron chi connectivity index (χ4n) is 0.714. The van der Waals surface area contributed by atoms with Gasteiger partial charge in [0.1, 0.15) is 0 Å². The van der Waals surface area contributed by atoms with Crippen molar-refractivity contribution >= 4 is 29.8 Å². The molecular weight excluding hydrogens is 318 g/mol. The van der Waals surface area contributed by atoms with E-state index in [9.17, 15) is 14.4 Å². The van der Waals surface area contributed by atoms with Gasteiger partial charge in [0.15, 0.2) is 5.60 Å². The SMILES string of the molecule is O=C(O)CC(O)(CC(=O)O)C(=O)O.O=C([O-])C(=O)[O-].[Na+].[Na+]. The molecule has 4 N–H and O–H groups in total. The van der Waals surface area contributed by atoms with Crippen molar-refractivity contribution < 1.29 is 114 Å². The number of rotatable bonds is 5. The molecule has 0 saturated carbocycles. The van der Waals surface area contributed by atoms with Crippen molar-refractivity contribution in [3.05, 3.63) is 0 Å². The first kappa shape index (κ1) is 28.5. The average Bonchev–Trinajstić information content (AvgIpc) is 2.14. The van der Waals surface area contributed by atoms with Gasteiger partial charge in [0, 0.05) is 0 Å². The van der Waals surface area contributed by atoms with Crippen LogP contribution in [0.15, 0.2) is 0 Å². The van der Waals surface area contributed by atoms with Crippen molar-refractivity contribution in [2.75, 3.05) is 0 Å². The zero-order chi connectivity index (χ0) is 15.8. The van der Waals surface area contributed by atoms with Crippen LogP contribution in [0.1, 0.15) is 12.8 Å². The third kappa shape index (κ3) is 15.5. The van der Waals surface area contributed by atoms with Gasteiger partial charge in [-0.3, -0.25) is 9.59 Å². The van der Waals surface area contributed by atoms with Gasteiger partial charge in [-0.25, -0.2) is 4.79 Å². The minimum absolute atomic E-state index is 0. The Labute approximate surface area is 161 Å². The Morgan fingerprint density at radius 1 is 0.762 bits per heavy atom. The summed E-state index contributed by atoms with van der Waals surface area (Å²) >= 11 is 0. The van der Waals surface area contributed by atoms with E-state index in [2.05, 4.69) is 0 Å². The molecule has 0 aromatic carbocycles. The van der Waals surface area contributed by atoms with Crippen LogP contribution in [0.5, 0.6) is 0 Å². The van der Waals surface area contributed by atoms with Gasteiger partial charge in [-0.05, 0) is 0 Å². The second-order valence-corrected chi connectivity index (χ2v) is 3.05. The molecule has 0 aromatic heterocycles. The summed E-state index contributed by atoms with van der Waals surface area (Å²) in [4.78, 5) is 48.3. The molecule has 0 unspecified atom stereocenters. The molecule has 0 bridgehead atoms. The van der Waals surface area contributed by atoms with E-state index in [-0.39, 0.29) is 59.1 Å². The summed E-state index contributed by atoms with van der Waals surface area (Å²) in [6, 6.07) is 0. The van der Waals surface area contributed by atoms with Crippen molar-refractivity contribution in [1.82, 2.24) is 0 Å². The number of carboxylic acid groups (broad SMARTS) is 5. The molecule has 11 nitrogen and oxygen atoms in total. The molecule has 0 aliphatic rings. The molecule has 0 amide bonds. The maximum atomic E-state index is 10.3. The van der Waals surface area contributed by atoms with E-state index in [1.807, 2.05) is 0 Å². The fourth-order valence-corrected chi connectivity index (χ4v) is 0.714. The van der Waals surface area contributed by atoms with Crippen molar-refractivity contribution in [2.24, 2.45) is 0 Å². The van der Waals surface area contributed by atoms with E-state index >= 15 is 0 Å². The summed E-state index contributed by atoms with van der Waals surface area (Å²) in [7, 11) is 0. The number of aliphatic carboxylic acids is 5. The van der Waals surface area contributed by atoms with Crippen molar-refractivity contribution in [1.29, 1.82) is 0 Å². The molecule has 0 aromatic rings. The first-order chi connectivity index (χ1) is 8.42. The van der Waals surface area contributed by atoms with E-state index in [4.69, 9.17) is 40.2 Å². The number of carbonyl (C=O) groups is 5. The molecule has 0 fully saturated rings. The van der Waals surface area contributed by atoms with Crippen LogP contribution in [0.2, 0.25) is 0 Å². The Morgan fingerprint density at radius 3 is 1.10 bits per heavy atom. The van der Waals surface area contributed by atoms with Gasteiger partial charge in [-0.1, -0.05) is 0 Å². The third-order valence-corrected chi connectivity index (χ3v) is 1.45. The Kier molecular flexibility index (Phi) is 17.6. The Bertz CT molecular complexity index is 377. The van der Waals surface area contributed by atoms with Crippen LogP contribution >= 0.6 is 0 Å². The molecule has 13 heteroatoms. The Morgan fingerprint density at radius 2 is 1.00 bits per heavy atom. The first-order valence-corrected chi connectivity index (χ1v) is 4.24. The van der Waals surface area contributed by atoms with Crippen LogP contribution in [0.25, 0.3) is 0 Å². The normalized spacial score (nSPS) is 8.81. The zero-order valence-corrected chi connectivity index (χ0v) is 15.1. The maximum Gasteiger partial charge on any atom is 1.00 e. The van der Waals surface area contributed by atoms with Gasteiger partial charge >= 0.3 is 77.0 Å². The predicted molar refractivity (Wildman–Crippen MR) is 47.1 cm³/mol. The molecule has 108 valence electrons. The summed E-state index contributed by atoms with van der Waals surface area (Å²) in [5.41, 5.74) is -2.74. The predicted octanol–water partition coefficient (Wildman–Crippen LogP) is -10.8. The van der Waals surface area contributed by atoms with Crippen molar-refractivity contribution in [2.45, 2.75) is 18.4 Å². The van der Waals surface area contributed by atoms with E-state index < -0.39 is 48.3 Å². The first-order valence-electron chi connectivity index (χ1n) is 4.24. The molecule has 0 radical (unpaired) electrons. The van der Waals surface area contributed by atoms with Crippen LogP contribution in [-0.4, -0.2) is 55.9 Å². The molecular formula is C8H8Na2O11. The summed E-state index contributed by atoms with van der Waals surface area (Å²) in [6.07, 6.45) is -2.29. The Hall–Kier alpha value is -0.690. The standard InChI is InChI=1S/C6H8O7.C2H2O4.2Na/c7-3(8)1-6(13,5(11)12)2-4(9)10;3-1(4)2(5)6;;/h13H,1-2H2,(H,7,8)(H,9,10)(H,11,12);(H,3,4)(H,5,6);;/q;;2*+1/p-2. The monoisotopic (exact) mass is 326 g/mol. The van der Waals surface area contributed by atoms with Crippen LogP contribution in [0, 0.1) is 0 Å². The van der Waals surface area contributed by atoms with Crippen molar-refractivity contribution in [3.63, 3.8) is 0 Å². The second kappa shape index (κ2) is 13.0. The van der Waals surface area contributed by atoms with Gasteiger partial charge in [0.2, 0.25) is 0 Å². The van der Waals surface area contributed by atoms with Gasteiger partial charge in [0.05, 0.1) is 24.8 Å². The van der Waals surface area contributed by atoms with Gasteiger partial charge in [-0.15, -0.1) is 0 Å². The molecule has 0 aliphatic carbocycles. The smallest absolute Gasteiger partial charge is 0.543 e. The number of hydrogen-bond acceptors (Lipinski definition) is 8. The topological polar surface area (TPSA) is 212 Å². The van der Waals surface area contributed by atoms with Crippen LogP contribution < -0.4 is 69.3 Å². The third-order valence-electron chi connectivity index (χ3n) is 1.45. The summed E-state index contributed by atoms with van der Waals surface area (Å²) in [6.45, 7) is 0. The van der Waals surface area contributed by atoms with Gasteiger partial charge in [0.25, 0.3) is 0 Å². The van der Waals surface area contributed by atoms with Crippen LogP contribution in [0.3, 0.4) is 0 Å².